The lowest BCUT2D eigenvalue weighted by Crippen LogP contribution is -2.35. The molecule has 1 aromatic heterocycles. The zero-order valence-corrected chi connectivity index (χ0v) is 20.8. The Balaban J connectivity index is 2.23. The molecular weight excluding hydrogens is 442 g/mol. The van der Waals surface area contributed by atoms with Gasteiger partial charge >= 0.3 is 10.3 Å². The van der Waals surface area contributed by atoms with Crippen molar-refractivity contribution in [1.82, 2.24) is 15.2 Å². The van der Waals surface area contributed by atoms with E-state index < -0.39 is 10.3 Å². The van der Waals surface area contributed by atoms with Crippen LogP contribution in [-0.2, 0) is 21.1 Å². The van der Waals surface area contributed by atoms with E-state index >= 15 is 0 Å². The van der Waals surface area contributed by atoms with E-state index in [2.05, 4.69) is 10.3 Å². The number of nitrogens with two attached hydrogens (primary N) is 1. The Kier molecular flexibility index (Phi) is 6.10. The van der Waals surface area contributed by atoms with Gasteiger partial charge in [0.2, 0.25) is 0 Å². The number of rotatable bonds is 5. The fourth-order valence-electron chi connectivity index (χ4n) is 3.50. The normalized spacial score (nSPS) is 12.6. The lowest BCUT2D eigenvalue weighted by Gasteiger charge is -2.29. The van der Waals surface area contributed by atoms with Crippen LogP contribution in [0.4, 0.5) is 11.4 Å². The van der Waals surface area contributed by atoms with Gasteiger partial charge in [-0.05, 0) is 51.9 Å². The monoisotopic (exact) mass is 473 g/mol. The van der Waals surface area contributed by atoms with Gasteiger partial charge in [0.1, 0.15) is 5.75 Å². The Morgan fingerprint density at radius 3 is 2.09 bits per heavy atom. The number of benzene rings is 2. The number of aromatic hydroxyl groups is 1. The number of anilines is 2. The Labute approximate surface area is 195 Å². The summed E-state index contributed by atoms with van der Waals surface area (Å²) in [5.41, 5.74) is 9.03. The van der Waals surface area contributed by atoms with E-state index in [4.69, 9.17) is 10.0 Å². The molecule has 10 heteroatoms. The van der Waals surface area contributed by atoms with Crippen LogP contribution in [0.3, 0.4) is 0 Å². The van der Waals surface area contributed by atoms with Gasteiger partial charge in [-0.3, -0.25) is 4.28 Å². The highest BCUT2D eigenvalue weighted by molar-refractivity contribution is 7.88. The van der Waals surface area contributed by atoms with Gasteiger partial charge in [-0.1, -0.05) is 46.4 Å². The molecule has 0 spiro atoms. The quantitative estimate of drug-likeness (QED) is 0.542. The Bertz CT molecular complexity index is 1220. The van der Waals surface area contributed by atoms with E-state index in [0.29, 0.717) is 16.9 Å². The average molecular weight is 474 g/mol. The Morgan fingerprint density at radius 2 is 1.61 bits per heavy atom. The third-order valence-electron chi connectivity index (χ3n) is 5.30. The van der Waals surface area contributed by atoms with Gasteiger partial charge < -0.3 is 10.8 Å². The summed E-state index contributed by atoms with van der Waals surface area (Å²) in [4.78, 5) is 0.763. The number of phenolic OH excluding ortho intramolecular Hbond substituents is 1. The summed E-state index contributed by atoms with van der Waals surface area (Å²) >= 11 is 0. The second kappa shape index (κ2) is 8.26. The molecule has 9 nitrogen and oxygen atoms in total. The SMILES string of the molecule is CN(c1ccc(N)cc1-c1cc(C(C)(C)C)c(O)c(C(C)(C)C)c1)S(=O)(=O)On1ccnn1. The van der Waals surface area contributed by atoms with Gasteiger partial charge in [-0.25, -0.2) is 4.31 Å². The topological polar surface area (TPSA) is 124 Å². The molecule has 0 aliphatic rings. The van der Waals surface area contributed by atoms with Crippen molar-refractivity contribution < 1.29 is 17.8 Å². The van der Waals surface area contributed by atoms with E-state index in [1.165, 1.54) is 19.4 Å². The first-order chi connectivity index (χ1) is 15.1. The lowest BCUT2D eigenvalue weighted by atomic mass is 9.77. The van der Waals surface area contributed by atoms with Crippen LogP contribution in [0, 0.1) is 0 Å². The first-order valence-corrected chi connectivity index (χ1v) is 11.8. The summed E-state index contributed by atoms with van der Waals surface area (Å²) in [6.07, 6.45) is 2.59. The van der Waals surface area contributed by atoms with Crippen LogP contribution >= 0.6 is 0 Å². The van der Waals surface area contributed by atoms with Crippen LogP contribution in [0.5, 0.6) is 5.75 Å². The number of nitrogen functional groups attached to an aromatic ring is 1. The first kappa shape index (κ1) is 24.4. The molecular formula is C23H31N5O4S. The summed E-state index contributed by atoms with van der Waals surface area (Å²) in [7, 11) is -2.88. The highest BCUT2D eigenvalue weighted by Crippen LogP contribution is 2.44. The van der Waals surface area contributed by atoms with Crippen molar-refractivity contribution in [3.05, 3.63) is 53.9 Å². The molecule has 0 amide bonds. The largest absolute Gasteiger partial charge is 0.507 e. The van der Waals surface area contributed by atoms with Crippen molar-refractivity contribution >= 4 is 21.7 Å². The van der Waals surface area contributed by atoms with Crippen molar-refractivity contribution in [2.24, 2.45) is 0 Å². The molecule has 3 aromatic rings. The molecule has 0 radical (unpaired) electrons. The maximum Gasteiger partial charge on any atom is 0.429 e. The van der Waals surface area contributed by atoms with Gasteiger partial charge in [0, 0.05) is 29.4 Å². The minimum Gasteiger partial charge on any atom is -0.507 e. The second-order valence-corrected chi connectivity index (χ2v) is 11.6. The highest BCUT2D eigenvalue weighted by Gasteiger charge is 2.29. The lowest BCUT2D eigenvalue weighted by molar-refractivity contribution is 0.232. The molecule has 178 valence electrons. The zero-order chi connectivity index (χ0) is 24.8. The van der Waals surface area contributed by atoms with Gasteiger partial charge in [0.05, 0.1) is 18.1 Å². The standard InChI is InChI=1S/C23H31N5O4S/c1-22(2,3)18-12-15(13-19(21(18)29)23(4,5)6)17-14-16(24)8-9-20(17)27(7)33(30,31)32-28-11-10-25-26-28/h8-14,29H,24H2,1-7H3. The van der Waals surface area contributed by atoms with E-state index in [1.54, 1.807) is 18.2 Å². The third kappa shape index (κ3) is 5.05. The summed E-state index contributed by atoms with van der Waals surface area (Å²) in [6.45, 7) is 12.1. The molecule has 0 unspecified atom stereocenters. The van der Waals surface area contributed by atoms with Crippen molar-refractivity contribution in [1.29, 1.82) is 0 Å². The summed E-state index contributed by atoms with van der Waals surface area (Å²) < 4.78 is 31.9. The third-order valence-corrected chi connectivity index (χ3v) is 6.51. The van der Waals surface area contributed by atoms with Crippen LogP contribution in [0.25, 0.3) is 11.1 Å². The molecule has 0 bridgehead atoms. The van der Waals surface area contributed by atoms with E-state index in [9.17, 15) is 13.5 Å². The smallest absolute Gasteiger partial charge is 0.429 e. The molecule has 0 aliphatic heterocycles. The average Bonchev–Trinajstić information content (AvgIpc) is 3.18. The maximum absolute atomic E-state index is 12.9. The van der Waals surface area contributed by atoms with Gasteiger partial charge in [0.15, 0.2) is 0 Å². The minimum absolute atomic E-state index is 0.236. The number of hydrogen-bond donors (Lipinski definition) is 2. The number of phenols is 1. The van der Waals surface area contributed by atoms with E-state index in [0.717, 1.165) is 25.8 Å². The second-order valence-electron chi connectivity index (χ2n) is 10.0. The van der Waals surface area contributed by atoms with Gasteiger partial charge in [-0.2, -0.15) is 8.42 Å². The number of nitrogens with zero attached hydrogens (tertiary/aromatic N) is 4. The van der Waals surface area contributed by atoms with Gasteiger partial charge in [0.25, 0.3) is 0 Å². The molecule has 0 saturated carbocycles. The number of aromatic nitrogens is 3. The van der Waals surface area contributed by atoms with Crippen molar-refractivity contribution in [2.45, 2.75) is 52.4 Å². The Hall–Kier alpha value is -3.27. The molecule has 0 fully saturated rings. The van der Waals surface area contributed by atoms with Crippen molar-refractivity contribution in [3.8, 4) is 16.9 Å². The maximum atomic E-state index is 12.9. The van der Waals surface area contributed by atoms with Crippen LogP contribution in [0.1, 0.15) is 52.7 Å². The fourth-order valence-corrected chi connectivity index (χ4v) is 4.27. The summed E-state index contributed by atoms with van der Waals surface area (Å²) in [5, 5.41) is 18.2. The molecule has 0 atom stereocenters. The summed E-state index contributed by atoms with van der Waals surface area (Å²) in [5.74, 6) is 0.236. The molecule has 3 N–H and O–H groups in total. The van der Waals surface area contributed by atoms with Crippen molar-refractivity contribution in [3.63, 3.8) is 0 Å². The molecule has 2 aromatic carbocycles. The fraction of sp³-hybridized carbons (Fsp3) is 0.391. The van der Waals surface area contributed by atoms with Crippen LogP contribution < -0.4 is 14.3 Å². The first-order valence-electron chi connectivity index (χ1n) is 10.4. The predicted molar refractivity (Wildman–Crippen MR) is 129 cm³/mol. The minimum atomic E-state index is -4.26. The van der Waals surface area contributed by atoms with E-state index in [1.807, 2.05) is 53.7 Å². The number of hydrogen-bond acceptors (Lipinski definition) is 7. The zero-order valence-electron chi connectivity index (χ0n) is 20.0. The van der Waals surface area contributed by atoms with Crippen LogP contribution in [-0.4, -0.2) is 35.7 Å². The summed E-state index contributed by atoms with van der Waals surface area (Å²) in [6, 6.07) is 8.70. The van der Waals surface area contributed by atoms with E-state index in [-0.39, 0.29) is 16.6 Å². The molecule has 0 aliphatic carbocycles. The predicted octanol–water partition coefficient (Wildman–Crippen LogP) is 3.64. The van der Waals surface area contributed by atoms with Crippen molar-refractivity contribution in [2.75, 3.05) is 17.1 Å². The highest BCUT2D eigenvalue weighted by atomic mass is 32.2. The molecule has 33 heavy (non-hydrogen) atoms. The van der Waals surface area contributed by atoms with Gasteiger partial charge in [-0.15, -0.1) is 5.10 Å². The molecule has 3 rings (SSSR count). The molecule has 1 heterocycles. The molecule has 0 saturated heterocycles. The Morgan fingerprint density at radius 1 is 1.03 bits per heavy atom. The van der Waals surface area contributed by atoms with Crippen LogP contribution in [0.15, 0.2) is 42.7 Å². The van der Waals surface area contributed by atoms with Crippen LogP contribution in [0.2, 0.25) is 0 Å².